The van der Waals surface area contributed by atoms with E-state index in [1.54, 1.807) is 6.08 Å². The van der Waals surface area contributed by atoms with Gasteiger partial charge in [0.1, 0.15) is 0 Å². The molecular weight excluding hydrogens is 456 g/mol. The van der Waals surface area contributed by atoms with Crippen molar-refractivity contribution >= 4 is 23.6 Å². The molecule has 0 unspecified atom stereocenters. The molecule has 0 saturated heterocycles. The monoisotopic (exact) mass is 506 g/mol. The van der Waals surface area contributed by atoms with Crippen molar-refractivity contribution < 1.29 is 4.79 Å². The van der Waals surface area contributed by atoms with Gasteiger partial charge in [0.2, 0.25) is 0 Å². The van der Waals surface area contributed by atoms with Gasteiger partial charge in [0.05, 0.1) is 0 Å². The van der Waals surface area contributed by atoms with Gasteiger partial charge in [-0.05, 0) is 78.0 Å². The highest BCUT2D eigenvalue weighted by molar-refractivity contribution is 7.99. The zero-order valence-corrected chi connectivity index (χ0v) is 24.4. The topological polar surface area (TPSA) is 17.1 Å². The van der Waals surface area contributed by atoms with E-state index in [1.165, 1.54) is 98.0 Å². The Bertz CT molecular complexity index is 910. The molecule has 2 aromatic rings. The van der Waals surface area contributed by atoms with Gasteiger partial charge in [-0.15, -0.1) is 11.8 Å². The highest BCUT2D eigenvalue weighted by Crippen LogP contribution is 2.23. The average molecular weight is 507 g/mol. The van der Waals surface area contributed by atoms with Crippen LogP contribution in [0.4, 0.5) is 0 Å². The first-order valence-corrected chi connectivity index (χ1v) is 15.7. The fraction of sp³-hybridized carbons (Fsp3) is 0.559. The minimum Gasteiger partial charge on any atom is -0.289 e. The van der Waals surface area contributed by atoms with Crippen molar-refractivity contribution in [1.29, 1.82) is 0 Å². The number of allylic oxidation sites excluding steroid dienone is 1. The predicted molar refractivity (Wildman–Crippen MR) is 162 cm³/mol. The maximum absolute atomic E-state index is 13.0. The van der Waals surface area contributed by atoms with Gasteiger partial charge in [-0.2, -0.15) is 0 Å². The third-order valence-electron chi connectivity index (χ3n) is 7.13. The van der Waals surface area contributed by atoms with Crippen LogP contribution in [0.3, 0.4) is 0 Å². The zero-order valence-electron chi connectivity index (χ0n) is 23.5. The van der Waals surface area contributed by atoms with Crippen molar-refractivity contribution in [2.75, 3.05) is 5.75 Å². The molecule has 0 aromatic heterocycles. The van der Waals surface area contributed by atoms with Gasteiger partial charge < -0.3 is 0 Å². The molecule has 2 rings (SSSR count). The highest BCUT2D eigenvalue weighted by Gasteiger charge is 2.13. The normalized spacial score (nSPS) is 11.4. The number of aryl methyl sites for hydroxylation is 2. The van der Waals surface area contributed by atoms with E-state index < -0.39 is 0 Å². The Morgan fingerprint density at radius 3 is 1.89 bits per heavy atom. The summed E-state index contributed by atoms with van der Waals surface area (Å²) >= 11 is 1.95. The third-order valence-corrected chi connectivity index (χ3v) is 8.23. The number of carbonyl (C=O) groups excluding carboxylic acids is 1. The van der Waals surface area contributed by atoms with E-state index in [1.807, 2.05) is 17.8 Å². The predicted octanol–water partition coefficient (Wildman–Crippen LogP) is 10.7. The molecule has 0 atom stereocenters. The molecule has 0 aliphatic rings. The molecule has 0 N–H and O–H groups in total. The lowest BCUT2D eigenvalue weighted by atomic mass is 9.91. The standard InChI is InChI=1S/C34H50OS/c1-5-9-10-11-12-13-14-15-16-17-18-25-36-31-22-19-29(20-23-31)21-24-34(35)33-27-28(6-2)26-30(7-3)32(33)8-4/h19-24,26-27H,5-18,25H2,1-4H3. The summed E-state index contributed by atoms with van der Waals surface area (Å²) in [6.45, 7) is 8.76. The SMILES string of the molecule is CCCCCCCCCCCCCSc1ccc(C=CC(=O)c2cc(CC)cc(CC)c2CC)cc1. The van der Waals surface area contributed by atoms with E-state index >= 15 is 0 Å². The fourth-order valence-electron chi connectivity index (χ4n) is 4.85. The summed E-state index contributed by atoms with van der Waals surface area (Å²) in [6.07, 6.45) is 21.9. The van der Waals surface area contributed by atoms with Crippen molar-refractivity contribution in [2.24, 2.45) is 0 Å². The van der Waals surface area contributed by atoms with Crippen LogP contribution in [-0.4, -0.2) is 11.5 Å². The molecule has 1 nitrogen and oxygen atoms in total. The van der Waals surface area contributed by atoms with Crippen LogP contribution in [-0.2, 0) is 19.3 Å². The third kappa shape index (κ3) is 11.1. The first kappa shape index (κ1) is 30.4. The summed E-state index contributed by atoms with van der Waals surface area (Å²) < 4.78 is 0. The molecule has 2 aromatic carbocycles. The van der Waals surface area contributed by atoms with Gasteiger partial charge in [-0.3, -0.25) is 4.79 Å². The molecular formula is C34H50OS. The van der Waals surface area contributed by atoms with Crippen LogP contribution in [0, 0.1) is 0 Å². The van der Waals surface area contributed by atoms with Gasteiger partial charge in [0.15, 0.2) is 5.78 Å². The smallest absolute Gasteiger partial charge is 0.186 e. The number of hydrogen-bond donors (Lipinski definition) is 0. The van der Waals surface area contributed by atoms with Crippen LogP contribution in [0.15, 0.2) is 47.4 Å². The van der Waals surface area contributed by atoms with E-state index in [0.29, 0.717) is 0 Å². The quantitative estimate of drug-likeness (QED) is 0.0815. The van der Waals surface area contributed by atoms with E-state index in [4.69, 9.17) is 0 Å². The van der Waals surface area contributed by atoms with Crippen LogP contribution in [0.5, 0.6) is 0 Å². The second kappa shape index (κ2) is 18.4. The van der Waals surface area contributed by atoms with Crippen molar-refractivity contribution in [3.05, 3.63) is 70.3 Å². The first-order valence-electron chi connectivity index (χ1n) is 14.7. The van der Waals surface area contributed by atoms with E-state index in [-0.39, 0.29) is 5.78 Å². The van der Waals surface area contributed by atoms with Crippen LogP contribution in [0.25, 0.3) is 6.08 Å². The number of benzene rings is 2. The molecule has 0 fully saturated rings. The van der Waals surface area contributed by atoms with E-state index in [0.717, 1.165) is 30.4 Å². The summed E-state index contributed by atoms with van der Waals surface area (Å²) in [5, 5.41) is 0. The maximum Gasteiger partial charge on any atom is 0.186 e. The molecule has 0 aliphatic heterocycles. The van der Waals surface area contributed by atoms with Gasteiger partial charge in [0.25, 0.3) is 0 Å². The van der Waals surface area contributed by atoms with Crippen LogP contribution in [0.2, 0.25) is 0 Å². The number of rotatable bonds is 19. The Kier molecular flexibility index (Phi) is 15.6. The molecule has 0 heterocycles. The minimum atomic E-state index is 0.117. The maximum atomic E-state index is 13.0. The molecule has 0 radical (unpaired) electrons. The van der Waals surface area contributed by atoms with Crippen LogP contribution in [0.1, 0.15) is 131 Å². The number of thioether (sulfide) groups is 1. The summed E-state index contributed by atoms with van der Waals surface area (Å²) in [5.74, 6) is 1.31. The number of hydrogen-bond acceptors (Lipinski definition) is 2. The lowest BCUT2D eigenvalue weighted by molar-refractivity contribution is 0.104. The Morgan fingerprint density at radius 2 is 1.33 bits per heavy atom. The van der Waals surface area contributed by atoms with Crippen molar-refractivity contribution in [3.8, 4) is 0 Å². The zero-order chi connectivity index (χ0) is 26.0. The number of carbonyl (C=O) groups is 1. The summed E-state index contributed by atoms with van der Waals surface area (Å²) in [5.41, 5.74) is 5.73. The number of ketones is 1. The Morgan fingerprint density at radius 1 is 0.722 bits per heavy atom. The second-order valence-corrected chi connectivity index (χ2v) is 11.2. The van der Waals surface area contributed by atoms with Crippen molar-refractivity contribution in [1.82, 2.24) is 0 Å². The van der Waals surface area contributed by atoms with Crippen LogP contribution >= 0.6 is 11.8 Å². The molecule has 0 saturated carbocycles. The highest BCUT2D eigenvalue weighted by atomic mass is 32.2. The molecule has 0 spiro atoms. The minimum absolute atomic E-state index is 0.117. The van der Waals surface area contributed by atoms with Gasteiger partial charge in [-0.1, -0.05) is 116 Å². The molecule has 36 heavy (non-hydrogen) atoms. The Balaban J connectivity index is 1.72. The molecule has 198 valence electrons. The first-order chi connectivity index (χ1) is 17.6. The van der Waals surface area contributed by atoms with E-state index in [2.05, 4.69) is 64.1 Å². The Hall–Kier alpha value is -1.80. The lowest BCUT2D eigenvalue weighted by Crippen LogP contribution is -2.05. The van der Waals surface area contributed by atoms with Crippen molar-refractivity contribution in [2.45, 2.75) is 122 Å². The largest absolute Gasteiger partial charge is 0.289 e. The van der Waals surface area contributed by atoms with E-state index in [9.17, 15) is 4.79 Å². The number of unbranched alkanes of at least 4 members (excludes halogenated alkanes) is 10. The molecule has 0 bridgehead atoms. The molecule has 0 amide bonds. The van der Waals surface area contributed by atoms with Crippen LogP contribution < -0.4 is 0 Å². The lowest BCUT2D eigenvalue weighted by Gasteiger charge is -2.13. The average Bonchev–Trinajstić information content (AvgIpc) is 2.92. The van der Waals surface area contributed by atoms with Gasteiger partial charge >= 0.3 is 0 Å². The molecule has 2 heteroatoms. The molecule has 0 aliphatic carbocycles. The van der Waals surface area contributed by atoms with Gasteiger partial charge in [0, 0.05) is 10.5 Å². The Labute approximate surface area is 226 Å². The second-order valence-electron chi connectivity index (χ2n) is 9.99. The van der Waals surface area contributed by atoms with Crippen molar-refractivity contribution in [3.63, 3.8) is 0 Å². The summed E-state index contributed by atoms with van der Waals surface area (Å²) in [4.78, 5) is 14.4. The fourth-order valence-corrected chi connectivity index (χ4v) is 5.76. The van der Waals surface area contributed by atoms with Gasteiger partial charge in [-0.25, -0.2) is 0 Å². The summed E-state index contributed by atoms with van der Waals surface area (Å²) in [7, 11) is 0. The summed E-state index contributed by atoms with van der Waals surface area (Å²) in [6, 6.07) is 13.0.